The summed E-state index contributed by atoms with van der Waals surface area (Å²) >= 11 is 0. The normalized spacial score (nSPS) is 10.7. The zero-order chi connectivity index (χ0) is 26.5. The van der Waals surface area contributed by atoms with Crippen LogP contribution >= 0.6 is 0 Å². The Morgan fingerprint density at radius 1 is 0.973 bits per heavy atom. The molecule has 0 bridgehead atoms. The number of hydrogen-bond donors (Lipinski definition) is 1. The monoisotopic (exact) mass is 501 g/mol. The third kappa shape index (κ3) is 5.64. The van der Waals surface area contributed by atoms with Crippen LogP contribution in [0.3, 0.4) is 0 Å². The van der Waals surface area contributed by atoms with Crippen molar-refractivity contribution in [2.24, 2.45) is 0 Å². The van der Waals surface area contributed by atoms with E-state index < -0.39 is 18.5 Å². The Morgan fingerprint density at radius 3 is 2.32 bits per heavy atom. The Bertz CT molecular complexity index is 1500. The third-order valence-corrected chi connectivity index (χ3v) is 5.67. The molecular formula is C29H27NO7. The molecule has 190 valence electrons. The van der Waals surface area contributed by atoms with Gasteiger partial charge in [-0.3, -0.25) is 9.59 Å². The number of methoxy groups -OCH3 is 1. The van der Waals surface area contributed by atoms with Crippen LogP contribution in [0, 0.1) is 13.8 Å². The smallest absolute Gasteiger partial charge is 0.338 e. The van der Waals surface area contributed by atoms with Gasteiger partial charge in [0.25, 0.3) is 5.91 Å². The minimum absolute atomic E-state index is 0.0579. The van der Waals surface area contributed by atoms with Crippen molar-refractivity contribution < 1.29 is 28.2 Å². The molecule has 0 radical (unpaired) electrons. The van der Waals surface area contributed by atoms with E-state index in [0.29, 0.717) is 33.5 Å². The first-order valence-electron chi connectivity index (χ1n) is 11.7. The number of hydrogen-bond acceptors (Lipinski definition) is 7. The predicted molar refractivity (Wildman–Crippen MR) is 140 cm³/mol. The van der Waals surface area contributed by atoms with Crippen molar-refractivity contribution in [1.29, 1.82) is 0 Å². The summed E-state index contributed by atoms with van der Waals surface area (Å²) in [5, 5.41) is 3.09. The lowest BCUT2D eigenvalue weighted by Gasteiger charge is -2.13. The molecule has 1 N–H and O–H groups in total. The van der Waals surface area contributed by atoms with E-state index in [2.05, 4.69) is 5.32 Å². The summed E-state index contributed by atoms with van der Waals surface area (Å²) in [6, 6.07) is 17.0. The highest BCUT2D eigenvalue weighted by atomic mass is 16.5. The van der Waals surface area contributed by atoms with E-state index in [0.717, 1.165) is 11.1 Å². The molecule has 4 rings (SSSR count). The molecule has 0 saturated carbocycles. The Kier molecular flexibility index (Phi) is 7.57. The number of ether oxygens (including phenoxy) is 3. The van der Waals surface area contributed by atoms with Gasteiger partial charge in [-0.2, -0.15) is 0 Å². The number of carbonyl (C=O) groups is 2. The molecule has 0 saturated heterocycles. The maximum absolute atomic E-state index is 13.5. The summed E-state index contributed by atoms with van der Waals surface area (Å²) < 4.78 is 22.1. The molecule has 3 aromatic carbocycles. The van der Waals surface area contributed by atoms with Gasteiger partial charge >= 0.3 is 5.97 Å². The van der Waals surface area contributed by atoms with E-state index in [-0.39, 0.29) is 23.5 Å². The summed E-state index contributed by atoms with van der Waals surface area (Å²) in [5.41, 5.74) is 3.22. The van der Waals surface area contributed by atoms with Crippen molar-refractivity contribution >= 4 is 28.5 Å². The van der Waals surface area contributed by atoms with Crippen LogP contribution < -0.4 is 20.2 Å². The second-order valence-electron chi connectivity index (χ2n) is 8.41. The van der Waals surface area contributed by atoms with Crippen LogP contribution in [-0.4, -0.2) is 32.2 Å². The lowest BCUT2D eigenvalue weighted by Crippen LogP contribution is -2.23. The number of aryl methyl sites for hydroxylation is 2. The molecule has 0 atom stereocenters. The number of benzene rings is 3. The SMILES string of the molecule is CCOC(=O)c1ccc(NC(=O)COc2c(-c3ccc(OC)cc3)oc3cc(C)cc(C)c3c2=O)cc1. The average Bonchev–Trinajstić information content (AvgIpc) is 2.88. The molecule has 1 amide bonds. The fourth-order valence-electron chi connectivity index (χ4n) is 3.98. The van der Waals surface area contributed by atoms with Gasteiger partial charge in [-0.25, -0.2) is 4.79 Å². The number of esters is 1. The molecule has 0 aliphatic rings. The molecule has 8 nitrogen and oxygen atoms in total. The number of amides is 1. The van der Waals surface area contributed by atoms with Crippen molar-refractivity contribution in [2.75, 3.05) is 25.6 Å². The number of carbonyl (C=O) groups excluding carboxylic acids is 2. The van der Waals surface area contributed by atoms with E-state index in [4.69, 9.17) is 18.6 Å². The second-order valence-corrected chi connectivity index (χ2v) is 8.41. The third-order valence-electron chi connectivity index (χ3n) is 5.67. The highest BCUT2D eigenvalue weighted by Crippen LogP contribution is 2.33. The molecule has 0 fully saturated rings. The lowest BCUT2D eigenvalue weighted by molar-refractivity contribution is -0.118. The van der Waals surface area contributed by atoms with E-state index in [1.165, 1.54) is 0 Å². The summed E-state index contributed by atoms with van der Waals surface area (Å²) in [6.45, 7) is 5.33. The van der Waals surface area contributed by atoms with E-state index in [9.17, 15) is 14.4 Å². The summed E-state index contributed by atoms with van der Waals surface area (Å²) in [7, 11) is 1.56. The van der Waals surface area contributed by atoms with Gasteiger partial charge in [-0.1, -0.05) is 6.07 Å². The fraction of sp³-hybridized carbons (Fsp3) is 0.207. The van der Waals surface area contributed by atoms with Gasteiger partial charge in [-0.15, -0.1) is 0 Å². The standard InChI is InChI=1S/C29H27NO7/c1-5-35-29(33)20-6-10-21(11-7-20)30-24(31)16-36-28-26(32)25-18(3)14-17(2)15-23(25)37-27(28)19-8-12-22(34-4)13-9-19/h6-15H,5,16H2,1-4H3,(H,30,31). The van der Waals surface area contributed by atoms with Crippen LogP contribution in [0.2, 0.25) is 0 Å². The zero-order valence-corrected chi connectivity index (χ0v) is 21.0. The fourth-order valence-corrected chi connectivity index (χ4v) is 3.98. The summed E-state index contributed by atoms with van der Waals surface area (Å²) in [6.07, 6.45) is 0. The Hall–Kier alpha value is -4.59. The molecule has 8 heteroatoms. The topological polar surface area (TPSA) is 104 Å². The molecule has 37 heavy (non-hydrogen) atoms. The van der Waals surface area contributed by atoms with Gasteiger partial charge in [-0.05, 0) is 86.5 Å². The highest BCUT2D eigenvalue weighted by Gasteiger charge is 2.20. The maximum atomic E-state index is 13.5. The van der Waals surface area contributed by atoms with Crippen LogP contribution in [0.4, 0.5) is 5.69 Å². The summed E-state index contributed by atoms with van der Waals surface area (Å²) in [4.78, 5) is 38.0. The number of rotatable bonds is 8. The van der Waals surface area contributed by atoms with E-state index >= 15 is 0 Å². The van der Waals surface area contributed by atoms with Gasteiger partial charge in [0.05, 0.1) is 24.7 Å². The maximum Gasteiger partial charge on any atom is 0.338 e. The van der Waals surface area contributed by atoms with Crippen molar-refractivity contribution in [2.45, 2.75) is 20.8 Å². The molecule has 0 spiro atoms. The quantitative estimate of drug-likeness (QED) is 0.328. The van der Waals surface area contributed by atoms with E-state index in [1.54, 1.807) is 68.6 Å². The van der Waals surface area contributed by atoms with Gasteiger partial charge in [0, 0.05) is 11.3 Å². The van der Waals surface area contributed by atoms with Crippen molar-refractivity contribution in [3.8, 4) is 22.8 Å². The first kappa shape index (κ1) is 25.5. The molecule has 4 aromatic rings. The van der Waals surface area contributed by atoms with Crippen LogP contribution in [0.25, 0.3) is 22.3 Å². The van der Waals surface area contributed by atoms with Crippen molar-refractivity contribution in [3.05, 3.63) is 87.6 Å². The highest BCUT2D eigenvalue weighted by molar-refractivity contribution is 5.94. The number of anilines is 1. The lowest BCUT2D eigenvalue weighted by atomic mass is 10.0. The van der Waals surface area contributed by atoms with Crippen molar-refractivity contribution in [3.63, 3.8) is 0 Å². The van der Waals surface area contributed by atoms with Gasteiger partial charge < -0.3 is 23.9 Å². The number of fused-ring (bicyclic) bond motifs is 1. The summed E-state index contributed by atoms with van der Waals surface area (Å²) in [5.74, 6) is -0.114. The van der Waals surface area contributed by atoms with Gasteiger partial charge in [0.15, 0.2) is 12.4 Å². The number of nitrogens with one attached hydrogen (secondary N) is 1. The molecule has 0 aliphatic carbocycles. The average molecular weight is 502 g/mol. The predicted octanol–water partition coefficient (Wildman–Crippen LogP) is 5.28. The Morgan fingerprint density at radius 2 is 1.68 bits per heavy atom. The van der Waals surface area contributed by atoms with Crippen LogP contribution in [0.5, 0.6) is 11.5 Å². The first-order chi connectivity index (χ1) is 17.8. The van der Waals surface area contributed by atoms with Gasteiger partial charge in [0.2, 0.25) is 11.2 Å². The Labute approximate surface area is 213 Å². The van der Waals surface area contributed by atoms with Crippen molar-refractivity contribution in [1.82, 2.24) is 0 Å². The van der Waals surface area contributed by atoms with Crippen LogP contribution in [0.15, 0.2) is 69.9 Å². The first-order valence-corrected chi connectivity index (χ1v) is 11.7. The zero-order valence-electron chi connectivity index (χ0n) is 21.0. The Balaban J connectivity index is 1.62. The molecule has 1 aromatic heterocycles. The largest absolute Gasteiger partial charge is 0.497 e. The molecule has 1 heterocycles. The molecule has 0 unspecified atom stereocenters. The molecule has 0 aliphatic heterocycles. The molecular weight excluding hydrogens is 474 g/mol. The van der Waals surface area contributed by atoms with Crippen LogP contribution in [0.1, 0.15) is 28.4 Å². The van der Waals surface area contributed by atoms with Crippen LogP contribution in [-0.2, 0) is 9.53 Å². The second kappa shape index (κ2) is 11.0. The van der Waals surface area contributed by atoms with Gasteiger partial charge in [0.1, 0.15) is 11.3 Å². The minimum Gasteiger partial charge on any atom is -0.497 e. The van der Waals surface area contributed by atoms with E-state index in [1.807, 2.05) is 19.9 Å². The minimum atomic E-state index is -0.482.